The second-order valence-electron chi connectivity index (χ2n) is 6.76. The van der Waals surface area contributed by atoms with Crippen molar-refractivity contribution in [2.75, 3.05) is 11.0 Å². The minimum atomic E-state index is -0.987. The summed E-state index contributed by atoms with van der Waals surface area (Å²) in [5.41, 5.74) is 3.69. The number of nitrogens with zero attached hydrogens (tertiary/aromatic N) is 1. The van der Waals surface area contributed by atoms with Gasteiger partial charge in [0, 0.05) is 4.43 Å². The first-order chi connectivity index (χ1) is 12.9. The number of benzene rings is 2. The summed E-state index contributed by atoms with van der Waals surface area (Å²) in [6, 6.07) is 14.5. The number of amides is 2. The molecule has 0 bridgehead atoms. The molecule has 5 nitrogen and oxygen atoms in total. The smallest absolute Gasteiger partial charge is 0.417 e. The highest BCUT2D eigenvalue weighted by Gasteiger charge is 2.43. The predicted octanol–water partition coefficient (Wildman–Crippen LogP) is 4.11. The van der Waals surface area contributed by atoms with E-state index in [-0.39, 0.29) is 6.61 Å². The van der Waals surface area contributed by atoms with E-state index in [1.54, 1.807) is 0 Å². The van der Waals surface area contributed by atoms with Gasteiger partial charge in [-0.1, -0.05) is 71.1 Å². The van der Waals surface area contributed by atoms with E-state index >= 15 is 0 Å². The van der Waals surface area contributed by atoms with Gasteiger partial charge in [-0.05, 0) is 36.1 Å². The standard InChI is InChI=1S/C21H22INO4/c1-13-8-9-16(10-14(13)2)19(24)17(11-22)20(25)23-18(12-27-21(23)26)15-6-4-3-5-7-15/h3-10,17-19,24H,11-12H2,1-2H3/t17-,18-,19-/m1/s1. The first-order valence-corrected chi connectivity index (χ1v) is 10.3. The summed E-state index contributed by atoms with van der Waals surface area (Å²) in [7, 11) is 0. The molecule has 0 unspecified atom stereocenters. The van der Waals surface area contributed by atoms with Crippen LogP contribution in [0.15, 0.2) is 48.5 Å². The number of ether oxygens (including phenoxy) is 1. The summed E-state index contributed by atoms with van der Waals surface area (Å²) >= 11 is 2.08. The van der Waals surface area contributed by atoms with Crippen LogP contribution in [-0.2, 0) is 9.53 Å². The maximum absolute atomic E-state index is 13.2. The molecule has 2 aromatic rings. The number of aliphatic hydroxyl groups excluding tert-OH is 1. The van der Waals surface area contributed by atoms with Crippen molar-refractivity contribution in [3.05, 3.63) is 70.8 Å². The molecule has 1 aliphatic heterocycles. The van der Waals surface area contributed by atoms with Crippen molar-refractivity contribution in [1.29, 1.82) is 0 Å². The molecule has 27 heavy (non-hydrogen) atoms. The Morgan fingerprint density at radius 2 is 1.93 bits per heavy atom. The summed E-state index contributed by atoms with van der Waals surface area (Å²) in [6.45, 7) is 4.09. The Hall–Kier alpha value is -1.93. The molecule has 1 aliphatic rings. The Labute approximate surface area is 172 Å². The molecule has 1 N–H and O–H groups in total. The predicted molar refractivity (Wildman–Crippen MR) is 111 cm³/mol. The van der Waals surface area contributed by atoms with Gasteiger partial charge in [0.15, 0.2) is 0 Å². The van der Waals surface area contributed by atoms with Gasteiger partial charge in [-0.3, -0.25) is 4.79 Å². The number of carbonyl (C=O) groups excluding carboxylic acids is 2. The number of hydrogen-bond acceptors (Lipinski definition) is 4. The van der Waals surface area contributed by atoms with Crippen LogP contribution in [0.3, 0.4) is 0 Å². The maximum atomic E-state index is 13.2. The van der Waals surface area contributed by atoms with Crippen LogP contribution in [0, 0.1) is 19.8 Å². The monoisotopic (exact) mass is 479 g/mol. The van der Waals surface area contributed by atoms with Crippen LogP contribution >= 0.6 is 22.6 Å². The van der Waals surface area contributed by atoms with Gasteiger partial charge < -0.3 is 9.84 Å². The summed E-state index contributed by atoms with van der Waals surface area (Å²) in [5, 5.41) is 10.9. The Morgan fingerprint density at radius 1 is 1.22 bits per heavy atom. The lowest BCUT2D eigenvalue weighted by Crippen LogP contribution is -2.41. The van der Waals surface area contributed by atoms with Gasteiger partial charge in [-0.25, -0.2) is 9.69 Å². The van der Waals surface area contributed by atoms with Crippen molar-refractivity contribution < 1.29 is 19.4 Å². The summed E-state index contributed by atoms with van der Waals surface area (Å²) in [5.74, 6) is -1.14. The third-order valence-corrected chi connectivity index (χ3v) is 5.98. The van der Waals surface area contributed by atoms with Gasteiger partial charge in [0.05, 0.1) is 12.0 Å². The van der Waals surface area contributed by atoms with Crippen molar-refractivity contribution >= 4 is 34.6 Å². The highest BCUT2D eigenvalue weighted by molar-refractivity contribution is 14.1. The third-order valence-electron chi connectivity index (χ3n) is 5.03. The SMILES string of the molecule is Cc1ccc([C@@H](O)[C@@H](CI)C(=O)N2C(=O)OC[C@@H]2c2ccccc2)cc1C. The highest BCUT2D eigenvalue weighted by atomic mass is 127. The van der Waals surface area contributed by atoms with Crippen molar-refractivity contribution in [3.63, 3.8) is 0 Å². The molecule has 3 atom stereocenters. The van der Waals surface area contributed by atoms with Gasteiger partial charge in [0.1, 0.15) is 12.6 Å². The zero-order chi connectivity index (χ0) is 19.6. The van der Waals surface area contributed by atoms with Crippen LogP contribution in [0.25, 0.3) is 0 Å². The van der Waals surface area contributed by atoms with Gasteiger partial charge in [-0.15, -0.1) is 0 Å². The van der Waals surface area contributed by atoms with Crippen LogP contribution in [-0.4, -0.2) is 33.0 Å². The van der Waals surface area contributed by atoms with Crippen molar-refractivity contribution in [2.24, 2.45) is 5.92 Å². The van der Waals surface area contributed by atoms with Crippen LogP contribution in [0.1, 0.15) is 34.4 Å². The third kappa shape index (κ3) is 4.01. The van der Waals surface area contributed by atoms with E-state index in [4.69, 9.17) is 4.74 Å². The summed E-state index contributed by atoms with van der Waals surface area (Å²) in [4.78, 5) is 26.6. The Kier molecular flexibility index (Phi) is 6.16. The van der Waals surface area contributed by atoms with E-state index in [0.717, 1.165) is 21.6 Å². The molecule has 142 valence electrons. The molecule has 0 spiro atoms. The normalized spacial score (nSPS) is 18.9. The fraction of sp³-hybridized carbons (Fsp3) is 0.333. The quantitative estimate of drug-likeness (QED) is 0.518. The highest BCUT2D eigenvalue weighted by Crippen LogP contribution is 2.33. The Bertz CT molecular complexity index is 839. The van der Waals surface area contributed by atoms with Crippen LogP contribution in [0.4, 0.5) is 4.79 Å². The number of aryl methyl sites for hydroxylation is 2. The van der Waals surface area contributed by atoms with Crippen LogP contribution < -0.4 is 0 Å². The zero-order valence-electron chi connectivity index (χ0n) is 15.3. The molecule has 3 rings (SSSR count). The van der Waals surface area contributed by atoms with Gasteiger partial charge >= 0.3 is 6.09 Å². The number of rotatable bonds is 5. The number of carbonyl (C=O) groups is 2. The molecular weight excluding hydrogens is 457 g/mol. The Balaban J connectivity index is 1.88. The molecular formula is C21H22INO4. The molecule has 0 saturated carbocycles. The first kappa shape index (κ1) is 19.8. The molecule has 0 aliphatic carbocycles. The topological polar surface area (TPSA) is 66.8 Å². The van der Waals surface area contributed by atoms with Crippen molar-refractivity contribution in [3.8, 4) is 0 Å². The molecule has 1 saturated heterocycles. The number of imide groups is 1. The van der Waals surface area contributed by atoms with Crippen molar-refractivity contribution in [2.45, 2.75) is 26.0 Å². The van der Waals surface area contributed by atoms with Gasteiger partial charge in [-0.2, -0.15) is 0 Å². The van der Waals surface area contributed by atoms with Crippen LogP contribution in [0.2, 0.25) is 0 Å². The summed E-state index contributed by atoms with van der Waals surface area (Å²) in [6.07, 6.45) is -1.64. The minimum absolute atomic E-state index is 0.127. The molecule has 0 aromatic heterocycles. The summed E-state index contributed by atoms with van der Waals surface area (Å²) < 4.78 is 5.54. The average Bonchev–Trinajstić information content (AvgIpc) is 3.06. The number of aliphatic hydroxyl groups is 1. The largest absolute Gasteiger partial charge is 0.446 e. The lowest BCUT2D eigenvalue weighted by atomic mass is 9.93. The van der Waals surface area contributed by atoms with E-state index < -0.39 is 30.1 Å². The molecule has 2 amide bonds. The molecule has 2 aromatic carbocycles. The average molecular weight is 479 g/mol. The van der Waals surface area contributed by atoms with Crippen molar-refractivity contribution in [1.82, 2.24) is 4.90 Å². The number of hydrogen-bond donors (Lipinski definition) is 1. The minimum Gasteiger partial charge on any atom is -0.446 e. The first-order valence-electron chi connectivity index (χ1n) is 8.80. The second kappa shape index (κ2) is 8.39. The lowest BCUT2D eigenvalue weighted by Gasteiger charge is -2.27. The zero-order valence-corrected chi connectivity index (χ0v) is 17.4. The van der Waals surface area contributed by atoms with E-state index in [0.29, 0.717) is 9.99 Å². The van der Waals surface area contributed by atoms with E-state index in [1.807, 2.05) is 62.4 Å². The second-order valence-corrected chi connectivity index (χ2v) is 7.64. The number of halogens is 1. The fourth-order valence-corrected chi connectivity index (χ4v) is 4.09. The molecule has 0 radical (unpaired) electrons. The lowest BCUT2D eigenvalue weighted by molar-refractivity contribution is -0.136. The number of cyclic esters (lactones) is 1. The van der Waals surface area contributed by atoms with E-state index in [9.17, 15) is 14.7 Å². The van der Waals surface area contributed by atoms with Gasteiger partial charge in [0.25, 0.3) is 0 Å². The van der Waals surface area contributed by atoms with E-state index in [1.165, 1.54) is 0 Å². The molecule has 1 fully saturated rings. The van der Waals surface area contributed by atoms with Gasteiger partial charge in [0.2, 0.25) is 5.91 Å². The van der Waals surface area contributed by atoms with Crippen LogP contribution in [0.5, 0.6) is 0 Å². The van der Waals surface area contributed by atoms with E-state index in [2.05, 4.69) is 22.6 Å². The molecule has 1 heterocycles. The molecule has 6 heteroatoms. The Morgan fingerprint density at radius 3 is 2.56 bits per heavy atom. The maximum Gasteiger partial charge on any atom is 0.417 e. The fourth-order valence-electron chi connectivity index (χ4n) is 3.23. The number of alkyl halides is 1.